The van der Waals surface area contributed by atoms with Gasteiger partial charge < -0.3 is 15.2 Å². The summed E-state index contributed by atoms with van der Waals surface area (Å²) in [5.74, 6) is 1.55. The number of nitrogens with one attached hydrogen (secondary N) is 1. The highest BCUT2D eigenvalue weighted by Gasteiger charge is 2.30. The summed E-state index contributed by atoms with van der Waals surface area (Å²) in [5.41, 5.74) is 1.78. The maximum Gasteiger partial charge on any atom is 0.155 e. The first-order chi connectivity index (χ1) is 14.7. The lowest BCUT2D eigenvalue weighted by Crippen LogP contribution is -2.42. The molecule has 0 radical (unpaired) electrons. The Labute approximate surface area is 180 Å². The number of ether oxygens (including phenoxy) is 1. The van der Waals surface area contributed by atoms with E-state index < -0.39 is 5.60 Å². The molecule has 0 atom stereocenters. The number of nitrogens with zero attached hydrogens (tertiary/aromatic N) is 2. The second-order valence-electron chi connectivity index (χ2n) is 8.26. The van der Waals surface area contributed by atoms with E-state index in [2.05, 4.69) is 17.4 Å². The summed E-state index contributed by atoms with van der Waals surface area (Å²) in [6.45, 7) is 1.70. The van der Waals surface area contributed by atoms with Crippen LogP contribution in [-0.2, 0) is 17.6 Å². The SMILES string of the molecule is OC1(CNc2nc(/C=C/c3ccccc3)nc3sc4c(c23)CCCC4)CCOCC1. The third-order valence-corrected chi connectivity index (χ3v) is 7.25. The molecule has 5 rings (SSSR count). The third-order valence-electron chi connectivity index (χ3n) is 6.06. The molecule has 1 fully saturated rings. The first kappa shape index (κ1) is 19.7. The van der Waals surface area contributed by atoms with E-state index in [9.17, 15) is 5.11 Å². The molecule has 0 amide bonds. The van der Waals surface area contributed by atoms with Crippen LogP contribution in [0.25, 0.3) is 22.4 Å². The standard InChI is InChI=1S/C24H27N3O2S/c28-24(12-14-29-15-13-24)16-25-22-21-18-8-4-5-9-19(18)30-23(21)27-20(26-22)11-10-17-6-2-1-3-7-17/h1-3,6-7,10-11,28H,4-5,8-9,12-16H2,(H,25,26,27)/b11-10+. The molecule has 6 heteroatoms. The number of hydrogen-bond donors (Lipinski definition) is 2. The molecule has 0 unspecified atom stereocenters. The zero-order valence-corrected chi connectivity index (χ0v) is 17.9. The van der Waals surface area contributed by atoms with Crippen LogP contribution in [0.5, 0.6) is 0 Å². The van der Waals surface area contributed by atoms with Crippen LogP contribution in [0.3, 0.4) is 0 Å². The minimum atomic E-state index is -0.744. The number of anilines is 1. The van der Waals surface area contributed by atoms with Gasteiger partial charge in [-0.3, -0.25) is 0 Å². The Kier molecular flexibility index (Phi) is 5.54. The number of thiophene rings is 1. The third kappa shape index (κ3) is 4.13. The average molecular weight is 422 g/mol. The van der Waals surface area contributed by atoms with Crippen LogP contribution in [-0.4, -0.2) is 40.4 Å². The molecule has 0 spiro atoms. The Morgan fingerprint density at radius 2 is 1.87 bits per heavy atom. The van der Waals surface area contributed by atoms with Crippen LogP contribution in [0.15, 0.2) is 30.3 Å². The first-order valence-electron chi connectivity index (χ1n) is 10.8. The number of aliphatic hydroxyl groups is 1. The summed E-state index contributed by atoms with van der Waals surface area (Å²) >= 11 is 1.80. The molecule has 0 saturated carbocycles. The maximum absolute atomic E-state index is 10.9. The summed E-state index contributed by atoms with van der Waals surface area (Å²) < 4.78 is 5.42. The van der Waals surface area contributed by atoms with Gasteiger partial charge in [0.15, 0.2) is 5.82 Å². The van der Waals surface area contributed by atoms with Gasteiger partial charge in [-0.15, -0.1) is 11.3 Å². The van der Waals surface area contributed by atoms with Crippen molar-refractivity contribution < 1.29 is 9.84 Å². The normalized spacial score (nSPS) is 18.6. The van der Waals surface area contributed by atoms with E-state index in [0.717, 1.165) is 34.4 Å². The van der Waals surface area contributed by atoms with Gasteiger partial charge in [-0.05, 0) is 42.9 Å². The van der Waals surface area contributed by atoms with Gasteiger partial charge in [-0.25, -0.2) is 9.97 Å². The molecule has 156 valence electrons. The lowest BCUT2D eigenvalue weighted by atomic mass is 9.94. The van der Waals surface area contributed by atoms with Gasteiger partial charge in [0.25, 0.3) is 0 Å². The van der Waals surface area contributed by atoms with Crippen molar-refractivity contribution in [2.45, 2.75) is 44.1 Å². The summed E-state index contributed by atoms with van der Waals surface area (Å²) in [6, 6.07) is 10.2. The van der Waals surface area contributed by atoms with Gasteiger partial charge in [0.2, 0.25) is 0 Å². The smallest absolute Gasteiger partial charge is 0.155 e. The summed E-state index contributed by atoms with van der Waals surface area (Å²) in [5, 5.41) is 15.6. The van der Waals surface area contributed by atoms with E-state index in [1.807, 2.05) is 30.4 Å². The average Bonchev–Trinajstić information content (AvgIpc) is 3.16. The summed E-state index contributed by atoms with van der Waals surface area (Å²) in [4.78, 5) is 12.2. The second kappa shape index (κ2) is 8.46. The zero-order valence-electron chi connectivity index (χ0n) is 17.1. The van der Waals surface area contributed by atoms with Gasteiger partial charge in [-0.1, -0.05) is 36.4 Å². The molecular formula is C24H27N3O2S. The van der Waals surface area contributed by atoms with Gasteiger partial charge in [0.05, 0.1) is 11.0 Å². The molecule has 1 aliphatic heterocycles. The van der Waals surface area contributed by atoms with E-state index in [1.165, 1.54) is 23.3 Å². The Morgan fingerprint density at radius 3 is 2.70 bits per heavy atom. The Bertz CT molecular complexity index is 1060. The number of aromatic nitrogens is 2. The topological polar surface area (TPSA) is 67.3 Å². The van der Waals surface area contributed by atoms with Crippen molar-refractivity contribution in [2.24, 2.45) is 0 Å². The van der Waals surface area contributed by atoms with Crippen molar-refractivity contribution in [2.75, 3.05) is 25.1 Å². The fraction of sp³-hybridized carbons (Fsp3) is 0.417. The van der Waals surface area contributed by atoms with Gasteiger partial charge in [0, 0.05) is 37.5 Å². The molecule has 2 aliphatic rings. The monoisotopic (exact) mass is 421 g/mol. The fourth-order valence-corrected chi connectivity index (χ4v) is 5.56. The van der Waals surface area contributed by atoms with Crippen LogP contribution in [0.2, 0.25) is 0 Å². The van der Waals surface area contributed by atoms with E-state index in [1.54, 1.807) is 11.3 Å². The van der Waals surface area contributed by atoms with Crippen LogP contribution >= 0.6 is 11.3 Å². The molecule has 0 bridgehead atoms. The molecule has 1 saturated heterocycles. The lowest BCUT2D eigenvalue weighted by Gasteiger charge is -2.32. The molecule has 2 N–H and O–H groups in total. The molecule has 1 aliphatic carbocycles. The van der Waals surface area contributed by atoms with Gasteiger partial charge in [-0.2, -0.15) is 0 Å². The summed E-state index contributed by atoms with van der Waals surface area (Å²) in [7, 11) is 0. The molecule has 3 aromatic rings. The van der Waals surface area contributed by atoms with Crippen LogP contribution in [0.1, 0.15) is 47.5 Å². The predicted octanol–water partition coefficient (Wildman–Crippen LogP) is 4.69. The van der Waals surface area contributed by atoms with E-state index in [4.69, 9.17) is 14.7 Å². The Hall–Kier alpha value is -2.28. The molecule has 3 heterocycles. The van der Waals surface area contributed by atoms with Crippen molar-refractivity contribution in [3.05, 3.63) is 52.2 Å². The second-order valence-corrected chi connectivity index (χ2v) is 9.34. The molecule has 1 aromatic carbocycles. The quantitative estimate of drug-likeness (QED) is 0.625. The lowest BCUT2D eigenvalue weighted by molar-refractivity contribution is -0.0543. The first-order valence-corrected chi connectivity index (χ1v) is 11.6. The van der Waals surface area contributed by atoms with Crippen molar-refractivity contribution >= 4 is 39.5 Å². The number of fused-ring (bicyclic) bond motifs is 3. The van der Waals surface area contributed by atoms with Crippen LogP contribution in [0, 0.1) is 0 Å². The van der Waals surface area contributed by atoms with Crippen LogP contribution in [0.4, 0.5) is 5.82 Å². The van der Waals surface area contributed by atoms with Crippen molar-refractivity contribution in [3.8, 4) is 0 Å². The van der Waals surface area contributed by atoms with E-state index in [0.29, 0.717) is 38.4 Å². The Morgan fingerprint density at radius 1 is 1.07 bits per heavy atom. The van der Waals surface area contributed by atoms with E-state index in [-0.39, 0.29) is 0 Å². The van der Waals surface area contributed by atoms with Crippen molar-refractivity contribution in [3.63, 3.8) is 0 Å². The minimum absolute atomic E-state index is 0.481. The fourth-order valence-electron chi connectivity index (χ4n) is 4.29. The zero-order chi connectivity index (χ0) is 20.4. The van der Waals surface area contributed by atoms with Crippen LogP contribution < -0.4 is 5.32 Å². The predicted molar refractivity (Wildman–Crippen MR) is 123 cm³/mol. The van der Waals surface area contributed by atoms with Gasteiger partial charge >= 0.3 is 0 Å². The van der Waals surface area contributed by atoms with Crippen molar-refractivity contribution in [1.82, 2.24) is 9.97 Å². The summed E-state index contributed by atoms with van der Waals surface area (Å²) in [6.07, 6.45) is 10.0. The molecule has 30 heavy (non-hydrogen) atoms. The molecular weight excluding hydrogens is 394 g/mol. The highest BCUT2D eigenvalue weighted by Crippen LogP contribution is 2.39. The van der Waals surface area contributed by atoms with Crippen molar-refractivity contribution in [1.29, 1.82) is 0 Å². The number of aryl methyl sites for hydroxylation is 2. The number of hydrogen-bond acceptors (Lipinski definition) is 6. The highest BCUT2D eigenvalue weighted by atomic mass is 32.1. The number of rotatable bonds is 5. The highest BCUT2D eigenvalue weighted by molar-refractivity contribution is 7.19. The van der Waals surface area contributed by atoms with E-state index >= 15 is 0 Å². The number of benzene rings is 1. The van der Waals surface area contributed by atoms with Gasteiger partial charge in [0.1, 0.15) is 10.6 Å². The Balaban J connectivity index is 1.50. The minimum Gasteiger partial charge on any atom is -0.388 e. The molecule has 5 nitrogen and oxygen atoms in total. The maximum atomic E-state index is 10.9. The molecule has 2 aromatic heterocycles. The largest absolute Gasteiger partial charge is 0.388 e.